The molecule has 1 saturated heterocycles. The highest BCUT2D eigenvalue weighted by Crippen LogP contribution is 2.19. The van der Waals surface area contributed by atoms with Crippen molar-refractivity contribution >= 4 is 18.1 Å². The number of nitrogens with one attached hydrogen (secondary N) is 2. The second-order valence-electron chi connectivity index (χ2n) is 5.96. The monoisotopic (exact) mass is 293 g/mol. The van der Waals surface area contributed by atoms with Crippen LogP contribution < -0.4 is 5.32 Å². The van der Waals surface area contributed by atoms with Crippen LogP contribution in [0.1, 0.15) is 43.5 Å². The molecule has 0 unspecified atom stereocenters. The van der Waals surface area contributed by atoms with E-state index < -0.39 is 0 Å². The van der Waals surface area contributed by atoms with Gasteiger partial charge in [-0.25, -0.2) is 0 Å². The number of nitrogens with zero attached hydrogens (tertiary/aromatic N) is 1. The normalized spacial score (nSPS) is 16.9. The number of piperidine rings is 1. The number of carbonyl (C=O) groups excluding carboxylic acids is 1. The van der Waals surface area contributed by atoms with Crippen LogP contribution in [-0.4, -0.2) is 41.0 Å². The number of aromatic nitrogens is 1. The standard InChI is InChI=1S/C15H23N3OS/c1-15(2,18-9-4-3-5-10-18)11-17-13(19)12-7-6-8-16-14(12)20/h6-8H,3-5,9-11H2,1-2H3,(H,16,20)(H,17,19). The van der Waals surface area contributed by atoms with E-state index in [0.717, 1.165) is 13.1 Å². The predicted molar refractivity (Wildman–Crippen MR) is 83.5 cm³/mol. The maximum Gasteiger partial charge on any atom is 0.254 e. The third kappa shape index (κ3) is 3.67. The zero-order chi connectivity index (χ0) is 14.6. The van der Waals surface area contributed by atoms with Gasteiger partial charge in [-0.3, -0.25) is 9.69 Å². The van der Waals surface area contributed by atoms with E-state index in [0.29, 0.717) is 16.7 Å². The van der Waals surface area contributed by atoms with E-state index in [9.17, 15) is 4.79 Å². The minimum absolute atomic E-state index is 0.0177. The van der Waals surface area contributed by atoms with Crippen LogP contribution in [0.2, 0.25) is 0 Å². The minimum atomic E-state index is -0.100. The van der Waals surface area contributed by atoms with Gasteiger partial charge in [0.2, 0.25) is 0 Å². The fourth-order valence-electron chi connectivity index (χ4n) is 2.60. The number of carbonyl (C=O) groups is 1. The van der Waals surface area contributed by atoms with Crippen LogP contribution in [-0.2, 0) is 0 Å². The Labute approximate surface area is 125 Å². The fourth-order valence-corrected chi connectivity index (χ4v) is 2.83. The minimum Gasteiger partial charge on any atom is -0.352 e. The van der Waals surface area contributed by atoms with Gasteiger partial charge >= 0.3 is 0 Å². The third-order valence-electron chi connectivity index (χ3n) is 3.96. The molecule has 0 saturated carbocycles. The summed E-state index contributed by atoms with van der Waals surface area (Å²) in [4.78, 5) is 17.5. The second-order valence-corrected chi connectivity index (χ2v) is 6.36. The highest BCUT2D eigenvalue weighted by Gasteiger charge is 2.28. The average Bonchev–Trinajstić information content (AvgIpc) is 2.46. The van der Waals surface area contributed by atoms with Gasteiger partial charge in [0.25, 0.3) is 5.91 Å². The first kappa shape index (κ1) is 15.2. The number of H-pyrrole nitrogens is 1. The van der Waals surface area contributed by atoms with Gasteiger partial charge in [-0.05, 0) is 51.9 Å². The summed E-state index contributed by atoms with van der Waals surface area (Å²) in [7, 11) is 0. The van der Waals surface area contributed by atoms with Gasteiger partial charge in [0.05, 0.1) is 5.56 Å². The fraction of sp³-hybridized carbons (Fsp3) is 0.600. The summed E-state index contributed by atoms with van der Waals surface area (Å²) >= 11 is 5.13. The Balaban J connectivity index is 1.95. The van der Waals surface area contributed by atoms with Crippen LogP contribution in [0.25, 0.3) is 0 Å². The molecular weight excluding hydrogens is 270 g/mol. The number of amides is 1. The predicted octanol–water partition coefficient (Wildman–Crippen LogP) is 2.74. The molecule has 2 rings (SSSR count). The Bertz CT molecular complexity index is 518. The lowest BCUT2D eigenvalue weighted by molar-refractivity contribution is 0.0797. The van der Waals surface area contributed by atoms with Crippen molar-refractivity contribution < 1.29 is 4.79 Å². The molecule has 0 aromatic carbocycles. The maximum atomic E-state index is 12.2. The molecule has 2 N–H and O–H groups in total. The molecule has 1 amide bonds. The largest absolute Gasteiger partial charge is 0.352 e. The molecule has 1 aliphatic rings. The lowest BCUT2D eigenvalue weighted by Crippen LogP contribution is -2.53. The number of pyridine rings is 1. The molecule has 0 bridgehead atoms. The molecule has 1 fully saturated rings. The quantitative estimate of drug-likeness (QED) is 0.839. The molecule has 1 aromatic heterocycles. The Hall–Kier alpha value is -1.20. The molecule has 0 spiro atoms. The highest BCUT2D eigenvalue weighted by molar-refractivity contribution is 7.71. The lowest BCUT2D eigenvalue weighted by atomic mass is 9.98. The van der Waals surface area contributed by atoms with Crippen molar-refractivity contribution in [2.75, 3.05) is 19.6 Å². The average molecular weight is 293 g/mol. The number of hydrogen-bond acceptors (Lipinski definition) is 3. The summed E-state index contributed by atoms with van der Waals surface area (Å²) in [6.45, 7) is 7.24. The molecule has 4 nitrogen and oxygen atoms in total. The van der Waals surface area contributed by atoms with E-state index in [1.54, 1.807) is 18.3 Å². The van der Waals surface area contributed by atoms with Crippen LogP contribution in [0.5, 0.6) is 0 Å². The van der Waals surface area contributed by atoms with Crippen molar-refractivity contribution in [1.82, 2.24) is 15.2 Å². The van der Waals surface area contributed by atoms with Crippen LogP contribution in [0.4, 0.5) is 0 Å². The molecule has 20 heavy (non-hydrogen) atoms. The van der Waals surface area contributed by atoms with Gasteiger partial charge in [0.1, 0.15) is 4.64 Å². The molecular formula is C15H23N3OS. The maximum absolute atomic E-state index is 12.2. The van der Waals surface area contributed by atoms with Crippen molar-refractivity contribution in [2.45, 2.75) is 38.6 Å². The van der Waals surface area contributed by atoms with E-state index >= 15 is 0 Å². The first-order valence-electron chi connectivity index (χ1n) is 7.22. The SMILES string of the molecule is CC(C)(CNC(=O)c1ccc[nH]c1=S)N1CCCCC1. The zero-order valence-electron chi connectivity index (χ0n) is 12.2. The molecule has 110 valence electrons. The number of likely N-dealkylation sites (tertiary alicyclic amines) is 1. The number of rotatable bonds is 4. The summed E-state index contributed by atoms with van der Waals surface area (Å²) < 4.78 is 0.487. The van der Waals surface area contributed by atoms with Crippen molar-refractivity contribution in [3.63, 3.8) is 0 Å². The first-order valence-corrected chi connectivity index (χ1v) is 7.62. The van der Waals surface area contributed by atoms with Crippen LogP contribution >= 0.6 is 12.2 Å². The van der Waals surface area contributed by atoms with E-state index in [2.05, 4.69) is 29.0 Å². The van der Waals surface area contributed by atoms with E-state index in [-0.39, 0.29) is 11.4 Å². The first-order chi connectivity index (χ1) is 9.50. The Morgan fingerprint density at radius 1 is 1.40 bits per heavy atom. The second kappa shape index (κ2) is 6.50. The lowest BCUT2D eigenvalue weighted by Gasteiger charge is -2.41. The zero-order valence-corrected chi connectivity index (χ0v) is 13.1. The molecule has 1 aliphatic heterocycles. The molecule has 2 heterocycles. The van der Waals surface area contributed by atoms with Crippen molar-refractivity contribution in [3.05, 3.63) is 28.5 Å². The van der Waals surface area contributed by atoms with Gasteiger partial charge in [-0.1, -0.05) is 18.6 Å². The number of aromatic amines is 1. The van der Waals surface area contributed by atoms with Crippen molar-refractivity contribution in [2.24, 2.45) is 0 Å². The third-order valence-corrected chi connectivity index (χ3v) is 4.29. The van der Waals surface area contributed by atoms with Crippen LogP contribution in [0.3, 0.4) is 0 Å². The van der Waals surface area contributed by atoms with Gasteiger partial charge in [-0.2, -0.15) is 0 Å². The summed E-state index contributed by atoms with van der Waals surface area (Å²) in [5, 5.41) is 3.01. The van der Waals surface area contributed by atoms with Crippen molar-refractivity contribution in [3.8, 4) is 0 Å². The van der Waals surface area contributed by atoms with Crippen molar-refractivity contribution in [1.29, 1.82) is 0 Å². The molecule has 5 heteroatoms. The summed E-state index contributed by atoms with van der Waals surface area (Å²) in [5.74, 6) is -0.100. The summed E-state index contributed by atoms with van der Waals surface area (Å²) in [6, 6.07) is 3.54. The molecule has 1 aromatic rings. The number of hydrogen-bond donors (Lipinski definition) is 2. The molecule has 0 atom stereocenters. The van der Waals surface area contributed by atoms with E-state index in [4.69, 9.17) is 12.2 Å². The van der Waals surface area contributed by atoms with Gasteiger partial charge < -0.3 is 10.3 Å². The van der Waals surface area contributed by atoms with E-state index in [1.807, 2.05) is 0 Å². The van der Waals surface area contributed by atoms with Gasteiger partial charge in [0, 0.05) is 18.3 Å². The molecule has 0 aliphatic carbocycles. The smallest absolute Gasteiger partial charge is 0.254 e. The summed E-state index contributed by atoms with van der Waals surface area (Å²) in [6.07, 6.45) is 5.55. The van der Waals surface area contributed by atoms with Crippen LogP contribution in [0.15, 0.2) is 18.3 Å². The van der Waals surface area contributed by atoms with E-state index in [1.165, 1.54) is 19.3 Å². The Morgan fingerprint density at radius 3 is 2.75 bits per heavy atom. The Morgan fingerprint density at radius 2 is 2.10 bits per heavy atom. The molecule has 0 radical (unpaired) electrons. The summed E-state index contributed by atoms with van der Waals surface area (Å²) in [5.41, 5.74) is 0.521. The Kier molecular flexibility index (Phi) is 4.94. The van der Waals surface area contributed by atoms with Gasteiger partial charge in [0.15, 0.2) is 0 Å². The topological polar surface area (TPSA) is 48.1 Å². The highest BCUT2D eigenvalue weighted by atomic mass is 32.1. The van der Waals surface area contributed by atoms with Crippen LogP contribution in [0, 0.1) is 4.64 Å². The van der Waals surface area contributed by atoms with Gasteiger partial charge in [-0.15, -0.1) is 0 Å².